The van der Waals surface area contributed by atoms with Crippen molar-refractivity contribution >= 4 is 29.2 Å². The fourth-order valence-electron chi connectivity index (χ4n) is 1.98. The van der Waals surface area contributed by atoms with Crippen LogP contribution < -0.4 is 15.4 Å². The third kappa shape index (κ3) is 6.01. The van der Waals surface area contributed by atoms with Gasteiger partial charge in [0.1, 0.15) is 5.75 Å². The molecule has 0 saturated heterocycles. The lowest BCUT2D eigenvalue weighted by Gasteiger charge is -2.09. The van der Waals surface area contributed by atoms with E-state index in [-0.39, 0.29) is 11.3 Å². The fourth-order valence-corrected chi connectivity index (χ4v) is 1.98. The predicted octanol–water partition coefficient (Wildman–Crippen LogP) is 2.99. The topological polar surface area (TPSA) is 93.7 Å². The molecule has 0 fully saturated rings. The molecule has 2 aromatic carbocycles. The summed E-state index contributed by atoms with van der Waals surface area (Å²) in [4.78, 5) is 34.5. The summed E-state index contributed by atoms with van der Waals surface area (Å²) < 4.78 is 46.4. The molecule has 0 bridgehead atoms. The first-order chi connectivity index (χ1) is 13.2. The second kappa shape index (κ2) is 8.89. The molecular weight excluding hydrogens is 381 g/mol. The molecule has 2 aromatic rings. The van der Waals surface area contributed by atoms with E-state index < -0.39 is 30.6 Å². The molecule has 0 spiro atoms. The average molecular weight is 396 g/mol. The van der Waals surface area contributed by atoms with Crippen LogP contribution >= 0.6 is 0 Å². The van der Waals surface area contributed by atoms with Crippen LogP contribution in [0.2, 0.25) is 0 Å². The molecular formula is C18H15F3N2O5. The minimum absolute atomic E-state index is 0.00209. The van der Waals surface area contributed by atoms with Gasteiger partial charge in [0.15, 0.2) is 6.61 Å². The van der Waals surface area contributed by atoms with Gasteiger partial charge in [-0.2, -0.15) is 13.2 Å². The van der Waals surface area contributed by atoms with Gasteiger partial charge in [-0.25, -0.2) is 4.79 Å². The van der Waals surface area contributed by atoms with Crippen LogP contribution in [0.5, 0.6) is 5.75 Å². The molecule has 0 aliphatic rings. The van der Waals surface area contributed by atoms with Crippen molar-refractivity contribution in [3.8, 4) is 5.75 Å². The van der Waals surface area contributed by atoms with Crippen molar-refractivity contribution in [1.82, 2.24) is 0 Å². The first-order valence-electron chi connectivity index (χ1n) is 7.78. The van der Waals surface area contributed by atoms with Crippen LogP contribution in [-0.4, -0.2) is 37.7 Å². The smallest absolute Gasteiger partial charge is 0.471 e. The number of carbonyl (C=O) groups is 3. The van der Waals surface area contributed by atoms with Crippen molar-refractivity contribution in [2.75, 3.05) is 24.4 Å². The SMILES string of the molecule is COc1ccc(NC(=O)COC(=O)c2ccc(NC(=O)C(F)(F)F)cc2)cc1. The zero-order valence-electron chi connectivity index (χ0n) is 14.5. The molecule has 0 atom stereocenters. The normalized spacial score (nSPS) is 10.7. The Hall–Kier alpha value is -3.56. The molecule has 2 rings (SSSR count). The third-order valence-electron chi connectivity index (χ3n) is 3.34. The fraction of sp³-hybridized carbons (Fsp3) is 0.167. The van der Waals surface area contributed by atoms with Gasteiger partial charge in [-0.15, -0.1) is 0 Å². The molecule has 0 heterocycles. The van der Waals surface area contributed by atoms with Crippen LogP contribution in [0.3, 0.4) is 0 Å². The van der Waals surface area contributed by atoms with Crippen LogP contribution in [0, 0.1) is 0 Å². The summed E-state index contributed by atoms with van der Waals surface area (Å²) in [6.07, 6.45) is -5.02. The van der Waals surface area contributed by atoms with E-state index in [2.05, 4.69) is 5.32 Å². The molecule has 10 heteroatoms. The molecule has 148 valence electrons. The molecule has 2 amide bonds. The number of benzene rings is 2. The summed E-state index contributed by atoms with van der Waals surface area (Å²) in [5.41, 5.74) is 0.338. The Kier molecular flexibility index (Phi) is 6.59. The molecule has 0 aliphatic heterocycles. The summed E-state index contributed by atoms with van der Waals surface area (Å²) in [5.74, 6) is -2.94. The second-order valence-corrected chi connectivity index (χ2v) is 5.38. The first kappa shape index (κ1) is 20.7. The molecule has 28 heavy (non-hydrogen) atoms. The van der Waals surface area contributed by atoms with E-state index >= 15 is 0 Å². The number of amides is 2. The Bertz CT molecular complexity index is 849. The van der Waals surface area contributed by atoms with Gasteiger partial charge in [0, 0.05) is 11.4 Å². The summed E-state index contributed by atoms with van der Waals surface area (Å²) in [6, 6.07) is 11.0. The summed E-state index contributed by atoms with van der Waals surface area (Å²) in [5, 5.41) is 4.16. The highest BCUT2D eigenvalue weighted by Gasteiger charge is 2.38. The predicted molar refractivity (Wildman–Crippen MR) is 93.0 cm³/mol. The van der Waals surface area contributed by atoms with E-state index in [0.29, 0.717) is 11.4 Å². The number of esters is 1. The highest BCUT2D eigenvalue weighted by atomic mass is 19.4. The molecule has 7 nitrogen and oxygen atoms in total. The van der Waals surface area contributed by atoms with Crippen LogP contribution in [0.15, 0.2) is 48.5 Å². The van der Waals surface area contributed by atoms with Crippen molar-refractivity contribution in [3.63, 3.8) is 0 Å². The number of nitrogens with one attached hydrogen (secondary N) is 2. The Labute approximate surface area is 157 Å². The zero-order valence-corrected chi connectivity index (χ0v) is 14.5. The standard InChI is InChI=1S/C18H15F3N2O5/c1-27-14-8-6-12(7-9-14)22-15(24)10-28-16(25)11-2-4-13(5-3-11)23-17(26)18(19,20)21/h2-9H,10H2,1H3,(H,22,24)(H,23,26). The van der Waals surface area contributed by atoms with Crippen molar-refractivity contribution in [1.29, 1.82) is 0 Å². The Morgan fingerprint density at radius 2 is 1.43 bits per heavy atom. The molecule has 0 radical (unpaired) electrons. The van der Waals surface area contributed by atoms with Crippen LogP contribution in [0.4, 0.5) is 24.5 Å². The summed E-state index contributed by atoms with van der Waals surface area (Å²) in [7, 11) is 1.50. The number of carbonyl (C=O) groups excluding carboxylic acids is 3. The van der Waals surface area contributed by atoms with Gasteiger partial charge in [-0.05, 0) is 48.5 Å². The maximum absolute atomic E-state index is 12.2. The Morgan fingerprint density at radius 3 is 1.96 bits per heavy atom. The number of methoxy groups -OCH3 is 1. The summed E-state index contributed by atoms with van der Waals surface area (Å²) >= 11 is 0. The van der Waals surface area contributed by atoms with Crippen molar-refractivity contribution in [2.24, 2.45) is 0 Å². The van der Waals surface area contributed by atoms with Gasteiger partial charge >= 0.3 is 18.1 Å². The van der Waals surface area contributed by atoms with Crippen LogP contribution in [-0.2, 0) is 14.3 Å². The van der Waals surface area contributed by atoms with E-state index in [1.165, 1.54) is 7.11 Å². The van der Waals surface area contributed by atoms with Crippen LogP contribution in [0.1, 0.15) is 10.4 Å². The van der Waals surface area contributed by atoms with Gasteiger partial charge < -0.3 is 20.1 Å². The highest BCUT2D eigenvalue weighted by Crippen LogP contribution is 2.19. The minimum atomic E-state index is -5.02. The Balaban J connectivity index is 1.85. The molecule has 2 N–H and O–H groups in total. The van der Waals surface area contributed by atoms with Crippen molar-refractivity contribution in [2.45, 2.75) is 6.18 Å². The lowest BCUT2D eigenvalue weighted by Crippen LogP contribution is -2.29. The highest BCUT2D eigenvalue weighted by molar-refractivity contribution is 5.97. The maximum atomic E-state index is 12.2. The number of hydrogen-bond donors (Lipinski definition) is 2. The number of halogens is 3. The van der Waals surface area contributed by atoms with Gasteiger partial charge in [-0.3, -0.25) is 9.59 Å². The first-order valence-corrected chi connectivity index (χ1v) is 7.78. The minimum Gasteiger partial charge on any atom is -0.497 e. The molecule has 0 aliphatic carbocycles. The average Bonchev–Trinajstić information content (AvgIpc) is 2.66. The monoisotopic (exact) mass is 396 g/mol. The van der Waals surface area contributed by atoms with Crippen LogP contribution in [0.25, 0.3) is 0 Å². The maximum Gasteiger partial charge on any atom is 0.471 e. The number of hydrogen-bond acceptors (Lipinski definition) is 5. The van der Waals surface area contributed by atoms with E-state index in [9.17, 15) is 27.6 Å². The van der Waals surface area contributed by atoms with E-state index in [1.807, 2.05) is 0 Å². The number of anilines is 2. The van der Waals surface area contributed by atoms with Gasteiger partial charge in [0.25, 0.3) is 5.91 Å². The quantitative estimate of drug-likeness (QED) is 0.733. The van der Waals surface area contributed by atoms with Gasteiger partial charge in [-0.1, -0.05) is 0 Å². The van der Waals surface area contributed by atoms with Crippen molar-refractivity contribution in [3.05, 3.63) is 54.1 Å². The number of ether oxygens (including phenoxy) is 2. The number of rotatable bonds is 6. The van der Waals surface area contributed by atoms with Gasteiger partial charge in [0.05, 0.1) is 12.7 Å². The second-order valence-electron chi connectivity index (χ2n) is 5.38. The largest absolute Gasteiger partial charge is 0.497 e. The molecule has 0 saturated carbocycles. The third-order valence-corrected chi connectivity index (χ3v) is 3.34. The van der Waals surface area contributed by atoms with Gasteiger partial charge in [0.2, 0.25) is 0 Å². The zero-order chi connectivity index (χ0) is 20.7. The van der Waals surface area contributed by atoms with E-state index in [4.69, 9.17) is 9.47 Å². The number of alkyl halides is 3. The lowest BCUT2D eigenvalue weighted by atomic mass is 10.2. The van der Waals surface area contributed by atoms with Crippen molar-refractivity contribution < 1.29 is 37.0 Å². The Morgan fingerprint density at radius 1 is 0.893 bits per heavy atom. The molecule has 0 unspecified atom stereocenters. The van der Waals surface area contributed by atoms with E-state index in [0.717, 1.165) is 24.3 Å². The lowest BCUT2D eigenvalue weighted by molar-refractivity contribution is -0.167. The molecule has 0 aromatic heterocycles. The van der Waals surface area contributed by atoms with E-state index in [1.54, 1.807) is 29.6 Å². The summed E-state index contributed by atoms with van der Waals surface area (Å²) in [6.45, 7) is -0.558.